The third kappa shape index (κ3) is 2.38. The van der Waals surface area contributed by atoms with E-state index in [2.05, 4.69) is 59.2 Å². The molecule has 0 aromatic heterocycles. The average molecular weight is 380 g/mol. The Morgan fingerprint density at radius 1 is 0.536 bits per heavy atom. The van der Waals surface area contributed by atoms with Crippen LogP contribution in [-0.4, -0.2) is 0 Å². The van der Waals surface area contributed by atoms with Crippen LogP contribution in [0.2, 0.25) is 0 Å². The molecular formula is C24H16N2OS. The summed E-state index contributed by atoms with van der Waals surface area (Å²) in [5.74, 6) is 1.70. The van der Waals surface area contributed by atoms with E-state index in [1.54, 1.807) is 11.8 Å². The zero-order valence-corrected chi connectivity index (χ0v) is 15.7. The first-order valence-corrected chi connectivity index (χ1v) is 10.0. The summed E-state index contributed by atoms with van der Waals surface area (Å²) in [5, 5.41) is 7.22. The molecule has 0 atom stereocenters. The third-order valence-corrected chi connectivity index (χ3v) is 6.21. The van der Waals surface area contributed by atoms with Crippen molar-refractivity contribution in [2.75, 3.05) is 10.6 Å². The standard InChI is InChI=1S/C24H16N2OS/c1-3-11-19-17(9-1)25-23-15(7-5-12-20(23)27-19)16-8-6-14-22-24(16)26-18-10-2-4-13-21(18)28-22/h1-14,25-26H. The summed E-state index contributed by atoms with van der Waals surface area (Å²) in [7, 11) is 0. The van der Waals surface area contributed by atoms with Crippen LogP contribution in [0, 0.1) is 0 Å². The Labute approximate surface area is 167 Å². The maximum atomic E-state index is 6.15. The lowest BCUT2D eigenvalue weighted by Gasteiger charge is -2.27. The van der Waals surface area contributed by atoms with Crippen LogP contribution in [-0.2, 0) is 0 Å². The summed E-state index contributed by atoms with van der Waals surface area (Å²) in [6, 6.07) is 29.1. The number of anilines is 4. The van der Waals surface area contributed by atoms with Gasteiger partial charge >= 0.3 is 0 Å². The van der Waals surface area contributed by atoms with Crippen molar-refractivity contribution in [2.24, 2.45) is 0 Å². The molecule has 4 heteroatoms. The molecule has 2 N–H and O–H groups in total. The monoisotopic (exact) mass is 380 g/mol. The molecule has 134 valence electrons. The van der Waals surface area contributed by atoms with E-state index in [1.807, 2.05) is 36.4 Å². The minimum Gasteiger partial charge on any atom is -0.453 e. The van der Waals surface area contributed by atoms with E-state index in [0.29, 0.717) is 0 Å². The molecule has 0 spiro atoms. The Hall–Kier alpha value is -3.37. The maximum absolute atomic E-state index is 6.15. The van der Waals surface area contributed by atoms with Crippen LogP contribution < -0.4 is 15.4 Å². The van der Waals surface area contributed by atoms with Crippen LogP contribution in [0.4, 0.5) is 22.7 Å². The molecule has 0 fully saturated rings. The van der Waals surface area contributed by atoms with Crippen molar-refractivity contribution in [3.8, 4) is 22.6 Å². The number of fused-ring (bicyclic) bond motifs is 4. The molecule has 0 unspecified atom stereocenters. The first-order valence-electron chi connectivity index (χ1n) is 9.21. The molecule has 2 aliphatic rings. The molecule has 2 heterocycles. The molecule has 0 bridgehead atoms. The zero-order chi connectivity index (χ0) is 18.5. The van der Waals surface area contributed by atoms with Gasteiger partial charge in [0, 0.05) is 20.9 Å². The van der Waals surface area contributed by atoms with Crippen LogP contribution in [0.1, 0.15) is 0 Å². The molecule has 3 nitrogen and oxygen atoms in total. The van der Waals surface area contributed by atoms with E-state index in [-0.39, 0.29) is 0 Å². The normalized spacial score (nSPS) is 13.0. The predicted octanol–water partition coefficient (Wildman–Crippen LogP) is 7.41. The first kappa shape index (κ1) is 15.7. The minimum atomic E-state index is 0.845. The third-order valence-electron chi connectivity index (χ3n) is 5.08. The van der Waals surface area contributed by atoms with Gasteiger partial charge in [0.1, 0.15) is 0 Å². The summed E-state index contributed by atoms with van der Waals surface area (Å²) in [6.07, 6.45) is 0. The van der Waals surface area contributed by atoms with Gasteiger partial charge in [-0.05, 0) is 36.4 Å². The second-order valence-corrected chi connectivity index (χ2v) is 7.89. The lowest BCUT2D eigenvalue weighted by atomic mass is 9.99. The molecule has 0 amide bonds. The minimum absolute atomic E-state index is 0.845. The number of nitrogens with one attached hydrogen (secondary N) is 2. The fourth-order valence-corrected chi connectivity index (χ4v) is 4.79. The van der Waals surface area contributed by atoms with Crippen molar-refractivity contribution in [2.45, 2.75) is 9.79 Å². The number of hydrogen-bond donors (Lipinski definition) is 2. The van der Waals surface area contributed by atoms with Gasteiger partial charge in [-0.3, -0.25) is 0 Å². The van der Waals surface area contributed by atoms with Crippen LogP contribution in [0.5, 0.6) is 11.5 Å². The summed E-state index contributed by atoms with van der Waals surface area (Å²) in [5.41, 5.74) is 6.55. The molecule has 0 aliphatic carbocycles. The molecule has 0 radical (unpaired) electrons. The van der Waals surface area contributed by atoms with Gasteiger partial charge in [-0.2, -0.15) is 0 Å². The van der Waals surface area contributed by atoms with Crippen LogP contribution in [0.15, 0.2) is 94.7 Å². The van der Waals surface area contributed by atoms with E-state index in [4.69, 9.17) is 4.74 Å². The molecular weight excluding hydrogens is 364 g/mol. The lowest BCUT2D eigenvalue weighted by Crippen LogP contribution is -2.06. The average Bonchev–Trinajstić information content (AvgIpc) is 2.75. The van der Waals surface area contributed by atoms with Crippen LogP contribution >= 0.6 is 11.8 Å². The van der Waals surface area contributed by atoms with Crippen molar-refractivity contribution < 1.29 is 4.74 Å². The Morgan fingerprint density at radius 3 is 2.11 bits per heavy atom. The molecule has 2 aliphatic heterocycles. The van der Waals surface area contributed by atoms with E-state index in [0.717, 1.165) is 45.4 Å². The highest BCUT2D eigenvalue weighted by Crippen LogP contribution is 2.52. The van der Waals surface area contributed by atoms with E-state index < -0.39 is 0 Å². The molecule has 4 aromatic carbocycles. The summed E-state index contributed by atoms with van der Waals surface area (Å²) < 4.78 is 6.15. The van der Waals surface area contributed by atoms with Crippen molar-refractivity contribution in [3.63, 3.8) is 0 Å². The molecule has 0 saturated heterocycles. The van der Waals surface area contributed by atoms with Gasteiger partial charge in [0.05, 0.1) is 22.7 Å². The zero-order valence-electron chi connectivity index (χ0n) is 14.9. The Balaban J connectivity index is 1.50. The maximum Gasteiger partial charge on any atom is 0.151 e. The van der Waals surface area contributed by atoms with Gasteiger partial charge in [-0.25, -0.2) is 0 Å². The van der Waals surface area contributed by atoms with Gasteiger partial charge in [-0.1, -0.05) is 60.3 Å². The Kier molecular flexibility index (Phi) is 3.40. The molecule has 28 heavy (non-hydrogen) atoms. The Morgan fingerprint density at radius 2 is 1.18 bits per heavy atom. The van der Waals surface area contributed by atoms with Gasteiger partial charge < -0.3 is 15.4 Å². The highest BCUT2D eigenvalue weighted by Gasteiger charge is 2.23. The van der Waals surface area contributed by atoms with E-state index in [9.17, 15) is 0 Å². The van der Waals surface area contributed by atoms with Crippen molar-refractivity contribution in [1.82, 2.24) is 0 Å². The van der Waals surface area contributed by atoms with Gasteiger partial charge in [0.25, 0.3) is 0 Å². The molecule has 4 aromatic rings. The number of para-hydroxylation sites is 5. The largest absolute Gasteiger partial charge is 0.453 e. The number of ether oxygens (including phenoxy) is 1. The van der Waals surface area contributed by atoms with Gasteiger partial charge in [0.15, 0.2) is 11.5 Å². The van der Waals surface area contributed by atoms with E-state index in [1.165, 1.54) is 9.79 Å². The number of rotatable bonds is 1. The second kappa shape index (κ2) is 6.08. The van der Waals surface area contributed by atoms with Gasteiger partial charge in [0.2, 0.25) is 0 Å². The second-order valence-electron chi connectivity index (χ2n) is 6.80. The predicted molar refractivity (Wildman–Crippen MR) is 116 cm³/mol. The fraction of sp³-hybridized carbons (Fsp3) is 0. The van der Waals surface area contributed by atoms with Crippen LogP contribution in [0.25, 0.3) is 11.1 Å². The van der Waals surface area contributed by atoms with Crippen LogP contribution in [0.3, 0.4) is 0 Å². The van der Waals surface area contributed by atoms with Crippen molar-refractivity contribution in [3.05, 3.63) is 84.9 Å². The number of hydrogen-bond acceptors (Lipinski definition) is 4. The molecule has 0 saturated carbocycles. The first-order chi connectivity index (χ1) is 13.9. The summed E-state index contributed by atoms with van der Waals surface area (Å²) in [6.45, 7) is 0. The van der Waals surface area contributed by atoms with E-state index >= 15 is 0 Å². The topological polar surface area (TPSA) is 33.3 Å². The SMILES string of the molecule is c1ccc2c(c1)Nc1c(cccc1-c1cccc3c1Nc1ccccc1S3)O2. The summed E-state index contributed by atoms with van der Waals surface area (Å²) in [4.78, 5) is 2.48. The highest BCUT2D eigenvalue weighted by molar-refractivity contribution is 7.99. The van der Waals surface area contributed by atoms with Crippen molar-refractivity contribution >= 4 is 34.5 Å². The highest BCUT2D eigenvalue weighted by atomic mass is 32.2. The lowest BCUT2D eigenvalue weighted by molar-refractivity contribution is 0.481. The van der Waals surface area contributed by atoms with Gasteiger partial charge in [-0.15, -0.1) is 0 Å². The molecule has 6 rings (SSSR count). The Bertz CT molecular complexity index is 1140. The smallest absolute Gasteiger partial charge is 0.151 e. The number of benzene rings is 4. The summed E-state index contributed by atoms with van der Waals surface area (Å²) >= 11 is 1.80. The fourth-order valence-electron chi connectivity index (χ4n) is 3.76. The van der Waals surface area contributed by atoms with Crippen molar-refractivity contribution in [1.29, 1.82) is 0 Å². The quantitative estimate of drug-likeness (QED) is 0.311.